The van der Waals surface area contributed by atoms with Crippen molar-refractivity contribution >= 4 is 34.9 Å². The van der Waals surface area contributed by atoms with E-state index in [2.05, 4.69) is 5.32 Å². The molecule has 0 aromatic heterocycles. The number of nitrogens with zero attached hydrogens (tertiary/aromatic N) is 2. The number of methoxy groups -OCH3 is 2. The fourth-order valence-electron chi connectivity index (χ4n) is 3.46. The van der Waals surface area contributed by atoms with Gasteiger partial charge in [0.1, 0.15) is 5.82 Å². The van der Waals surface area contributed by atoms with E-state index in [1.807, 2.05) is 17.0 Å². The Morgan fingerprint density at radius 1 is 1.15 bits per heavy atom. The Morgan fingerprint density at radius 2 is 1.91 bits per heavy atom. The van der Waals surface area contributed by atoms with Crippen LogP contribution in [0.25, 0.3) is 6.08 Å². The molecule has 180 valence electrons. The molecular formula is C24H26FN3O5S. The second kappa shape index (κ2) is 11.7. The summed E-state index contributed by atoms with van der Waals surface area (Å²) in [5.74, 6) is -0.00984. The summed E-state index contributed by atoms with van der Waals surface area (Å²) >= 11 is 0.751. The predicted octanol–water partition coefficient (Wildman–Crippen LogP) is 3.13. The molecule has 1 saturated heterocycles. The molecule has 1 aliphatic rings. The van der Waals surface area contributed by atoms with E-state index < -0.39 is 17.0 Å². The van der Waals surface area contributed by atoms with Gasteiger partial charge in [-0.1, -0.05) is 30.3 Å². The number of likely N-dealkylation sites (N-methyl/N-ethyl adjacent to an activating group) is 1. The lowest BCUT2D eigenvalue weighted by Crippen LogP contribution is -2.40. The zero-order valence-corrected chi connectivity index (χ0v) is 20.0. The molecule has 0 saturated carbocycles. The quantitative estimate of drug-likeness (QED) is 0.515. The third kappa shape index (κ3) is 6.15. The predicted molar refractivity (Wildman–Crippen MR) is 128 cm³/mol. The molecule has 1 fully saturated rings. The number of hydrogen-bond acceptors (Lipinski definition) is 7. The second-order valence-electron chi connectivity index (χ2n) is 7.53. The highest BCUT2D eigenvalue weighted by atomic mass is 32.2. The Hall–Kier alpha value is -3.37. The summed E-state index contributed by atoms with van der Waals surface area (Å²) in [4.78, 5) is 40.1. The molecule has 8 nitrogen and oxygen atoms in total. The maximum absolute atomic E-state index is 13.8. The minimum atomic E-state index is -0.505. The normalized spacial score (nSPS) is 14.7. The number of amides is 3. The van der Waals surface area contributed by atoms with Crippen LogP contribution in [0.4, 0.5) is 9.18 Å². The smallest absolute Gasteiger partial charge is 0.293 e. The zero-order valence-electron chi connectivity index (χ0n) is 19.2. The molecule has 0 aliphatic carbocycles. The van der Waals surface area contributed by atoms with E-state index in [0.29, 0.717) is 18.0 Å². The molecule has 2 aromatic rings. The molecule has 34 heavy (non-hydrogen) atoms. The van der Waals surface area contributed by atoms with Crippen LogP contribution < -0.4 is 14.8 Å². The lowest BCUT2D eigenvalue weighted by Gasteiger charge is -2.19. The van der Waals surface area contributed by atoms with E-state index >= 15 is 0 Å². The Balaban J connectivity index is 1.50. The van der Waals surface area contributed by atoms with Gasteiger partial charge in [-0.2, -0.15) is 0 Å². The van der Waals surface area contributed by atoms with Gasteiger partial charge in [0.15, 0.2) is 11.5 Å². The number of imide groups is 1. The minimum absolute atomic E-state index is 0.0262. The maximum Gasteiger partial charge on any atom is 0.293 e. The first-order valence-electron chi connectivity index (χ1n) is 10.5. The number of thioether (sulfide) groups is 1. The van der Waals surface area contributed by atoms with Gasteiger partial charge in [0.2, 0.25) is 5.91 Å². The summed E-state index contributed by atoms with van der Waals surface area (Å²) in [6.45, 7) is 0.700. The lowest BCUT2D eigenvalue weighted by molar-refractivity contribution is -0.124. The number of carbonyl (C=O) groups excluding carboxylic acids is 3. The Labute approximate surface area is 201 Å². The van der Waals surface area contributed by atoms with Crippen molar-refractivity contribution in [3.63, 3.8) is 0 Å². The van der Waals surface area contributed by atoms with Crippen LogP contribution >= 0.6 is 11.8 Å². The van der Waals surface area contributed by atoms with Crippen molar-refractivity contribution < 1.29 is 28.2 Å². The molecule has 0 radical (unpaired) electrons. The average molecular weight is 488 g/mol. The van der Waals surface area contributed by atoms with Crippen LogP contribution in [0.3, 0.4) is 0 Å². The summed E-state index contributed by atoms with van der Waals surface area (Å²) in [6, 6.07) is 11.5. The van der Waals surface area contributed by atoms with Crippen molar-refractivity contribution in [2.24, 2.45) is 0 Å². The SMILES string of the molecule is COc1cccc(CN(C)CC(=O)NCCN2C(=O)S/C(=C\c3ccccc3F)C2=O)c1OC. The second-order valence-corrected chi connectivity index (χ2v) is 8.52. The van der Waals surface area contributed by atoms with Gasteiger partial charge in [-0.05, 0) is 37.0 Å². The molecule has 1 heterocycles. The zero-order chi connectivity index (χ0) is 24.7. The van der Waals surface area contributed by atoms with E-state index in [4.69, 9.17) is 9.47 Å². The van der Waals surface area contributed by atoms with Gasteiger partial charge in [0.05, 0.1) is 25.7 Å². The number of benzene rings is 2. The van der Waals surface area contributed by atoms with Crippen LogP contribution in [-0.4, -0.2) is 67.8 Å². The van der Waals surface area contributed by atoms with Gasteiger partial charge in [0, 0.05) is 30.8 Å². The molecule has 3 rings (SSSR count). The average Bonchev–Trinajstić information content (AvgIpc) is 3.07. The first kappa shape index (κ1) is 25.3. The van der Waals surface area contributed by atoms with Gasteiger partial charge < -0.3 is 14.8 Å². The third-order valence-electron chi connectivity index (χ3n) is 5.06. The van der Waals surface area contributed by atoms with Gasteiger partial charge in [-0.15, -0.1) is 0 Å². The van der Waals surface area contributed by atoms with Gasteiger partial charge in [-0.25, -0.2) is 4.39 Å². The van der Waals surface area contributed by atoms with E-state index in [9.17, 15) is 18.8 Å². The van der Waals surface area contributed by atoms with Crippen LogP contribution in [0.15, 0.2) is 47.4 Å². The largest absolute Gasteiger partial charge is 0.493 e. The minimum Gasteiger partial charge on any atom is -0.493 e. The summed E-state index contributed by atoms with van der Waals surface area (Å²) in [6.07, 6.45) is 1.36. The number of halogens is 1. The van der Waals surface area contributed by atoms with Crippen LogP contribution in [-0.2, 0) is 16.1 Å². The highest BCUT2D eigenvalue weighted by Gasteiger charge is 2.34. The van der Waals surface area contributed by atoms with Crippen LogP contribution in [0.1, 0.15) is 11.1 Å². The highest BCUT2D eigenvalue weighted by Crippen LogP contribution is 2.32. The fraction of sp³-hybridized carbons (Fsp3) is 0.292. The molecule has 0 spiro atoms. The Morgan fingerprint density at radius 3 is 2.62 bits per heavy atom. The summed E-state index contributed by atoms with van der Waals surface area (Å²) in [5, 5.41) is 2.27. The Kier molecular flexibility index (Phi) is 8.67. The summed E-state index contributed by atoms with van der Waals surface area (Å²) in [7, 11) is 4.92. The van der Waals surface area contributed by atoms with E-state index in [0.717, 1.165) is 22.2 Å². The Bertz CT molecular complexity index is 1110. The lowest BCUT2D eigenvalue weighted by atomic mass is 10.1. The van der Waals surface area contributed by atoms with Crippen LogP contribution in [0.2, 0.25) is 0 Å². The monoisotopic (exact) mass is 487 g/mol. The number of rotatable bonds is 10. The van der Waals surface area contributed by atoms with E-state index in [1.54, 1.807) is 39.5 Å². The molecule has 0 atom stereocenters. The van der Waals surface area contributed by atoms with Crippen molar-refractivity contribution in [3.05, 3.63) is 64.3 Å². The van der Waals surface area contributed by atoms with Crippen molar-refractivity contribution in [3.8, 4) is 11.5 Å². The summed E-state index contributed by atoms with van der Waals surface area (Å²) in [5.41, 5.74) is 1.11. The first-order chi connectivity index (χ1) is 16.3. The van der Waals surface area contributed by atoms with Crippen molar-refractivity contribution in [2.45, 2.75) is 6.54 Å². The first-order valence-corrected chi connectivity index (χ1v) is 11.3. The highest BCUT2D eigenvalue weighted by molar-refractivity contribution is 8.18. The standard InChI is InChI=1S/C24H26FN3O5S/c1-27(14-17-8-6-10-19(32-2)22(17)33-3)15-21(29)26-11-12-28-23(30)20(34-24(28)31)13-16-7-4-5-9-18(16)25/h4-10,13H,11-12,14-15H2,1-3H3,(H,26,29)/b20-13-. The maximum atomic E-state index is 13.8. The molecule has 3 amide bonds. The van der Waals surface area contributed by atoms with Crippen LogP contribution in [0.5, 0.6) is 11.5 Å². The number of carbonyl (C=O) groups is 3. The number of para-hydroxylation sites is 1. The fourth-order valence-corrected chi connectivity index (χ4v) is 4.32. The van der Waals surface area contributed by atoms with Gasteiger partial charge in [-0.3, -0.25) is 24.2 Å². The van der Waals surface area contributed by atoms with Gasteiger partial charge >= 0.3 is 0 Å². The van der Waals surface area contributed by atoms with Crippen LogP contribution in [0, 0.1) is 5.82 Å². The van der Waals surface area contributed by atoms with E-state index in [1.165, 1.54) is 18.2 Å². The number of nitrogens with one attached hydrogen (secondary N) is 1. The molecule has 0 bridgehead atoms. The molecule has 1 aliphatic heterocycles. The molecule has 2 aromatic carbocycles. The van der Waals surface area contributed by atoms with E-state index in [-0.39, 0.29) is 36.0 Å². The van der Waals surface area contributed by atoms with Crippen molar-refractivity contribution in [2.75, 3.05) is 40.9 Å². The van der Waals surface area contributed by atoms with Crippen molar-refractivity contribution in [1.29, 1.82) is 0 Å². The molecule has 1 N–H and O–H groups in total. The topological polar surface area (TPSA) is 88.2 Å². The number of ether oxygens (including phenoxy) is 2. The third-order valence-corrected chi connectivity index (χ3v) is 5.97. The van der Waals surface area contributed by atoms with Gasteiger partial charge in [0.25, 0.3) is 11.1 Å². The molecule has 10 heteroatoms. The molecule has 0 unspecified atom stereocenters. The summed E-state index contributed by atoms with van der Waals surface area (Å²) < 4.78 is 24.6. The van der Waals surface area contributed by atoms with Crippen molar-refractivity contribution in [1.82, 2.24) is 15.1 Å². The molecular weight excluding hydrogens is 461 g/mol. The number of hydrogen-bond donors (Lipinski definition) is 1.